The van der Waals surface area contributed by atoms with Gasteiger partial charge in [-0.25, -0.2) is 14.3 Å². The second-order valence-corrected chi connectivity index (χ2v) is 10.8. The normalized spacial score (nSPS) is 16.5. The largest absolute Gasteiger partial charge is 0.369 e. The Balaban J connectivity index is 1.38. The van der Waals surface area contributed by atoms with Crippen LogP contribution in [0.25, 0.3) is 16.7 Å². The number of aromatic nitrogens is 5. The number of benzene rings is 1. The van der Waals surface area contributed by atoms with E-state index in [0.717, 1.165) is 50.4 Å². The first-order chi connectivity index (χ1) is 18.3. The van der Waals surface area contributed by atoms with Gasteiger partial charge >= 0.3 is 0 Å². The third-order valence-electron chi connectivity index (χ3n) is 7.54. The number of piperazine rings is 1. The highest BCUT2D eigenvalue weighted by atomic mass is 16.1. The van der Waals surface area contributed by atoms with Crippen molar-refractivity contribution in [3.8, 4) is 5.69 Å². The molecule has 1 saturated heterocycles. The van der Waals surface area contributed by atoms with E-state index in [2.05, 4.69) is 52.3 Å². The first-order valence-electron chi connectivity index (χ1n) is 13.3. The third-order valence-corrected chi connectivity index (χ3v) is 7.54. The summed E-state index contributed by atoms with van der Waals surface area (Å²) in [7, 11) is 2.16. The Hall–Kier alpha value is -3.92. The van der Waals surface area contributed by atoms with Crippen LogP contribution in [0, 0.1) is 6.92 Å². The standard InChI is InChI=1S/C28H34N8O2/c1-18(2)34-17-22(8-10-25(34)37)35-26-23(27(38)36(35)21-6-7-21)16-29-28(31-26)30-20-5-9-24(19(3)15-20)33-13-11-32(4)12-14-33/h5,8-10,15-18,21H,6-7,11-14H2,1-4H3,(H,29,30,31). The Morgan fingerprint density at radius 2 is 1.79 bits per heavy atom. The van der Waals surface area contributed by atoms with Gasteiger partial charge < -0.3 is 19.7 Å². The van der Waals surface area contributed by atoms with Crippen LogP contribution in [0.1, 0.15) is 44.3 Å². The van der Waals surface area contributed by atoms with Crippen molar-refractivity contribution in [1.82, 2.24) is 28.8 Å². The van der Waals surface area contributed by atoms with Crippen LogP contribution >= 0.6 is 0 Å². The third kappa shape index (κ3) is 4.38. The molecule has 10 heteroatoms. The minimum atomic E-state index is -0.108. The molecular weight excluding hydrogens is 480 g/mol. The van der Waals surface area contributed by atoms with E-state index in [0.29, 0.717) is 17.0 Å². The summed E-state index contributed by atoms with van der Waals surface area (Å²) in [5.41, 5.74) is 4.40. The second kappa shape index (κ2) is 9.43. The highest BCUT2D eigenvalue weighted by molar-refractivity contribution is 5.77. The van der Waals surface area contributed by atoms with Crippen molar-refractivity contribution in [2.75, 3.05) is 43.4 Å². The number of hydrogen-bond donors (Lipinski definition) is 1. The van der Waals surface area contributed by atoms with Crippen LogP contribution in [0.5, 0.6) is 0 Å². The maximum atomic E-state index is 13.4. The number of anilines is 3. The van der Waals surface area contributed by atoms with Gasteiger partial charge in [0.25, 0.3) is 11.1 Å². The van der Waals surface area contributed by atoms with Crippen LogP contribution in [0.2, 0.25) is 0 Å². The molecule has 1 aromatic carbocycles. The monoisotopic (exact) mass is 514 g/mol. The molecule has 6 rings (SSSR count). The van der Waals surface area contributed by atoms with Crippen LogP contribution in [-0.4, -0.2) is 62.0 Å². The minimum absolute atomic E-state index is 0.00529. The molecule has 1 aliphatic heterocycles. The lowest BCUT2D eigenvalue weighted by molar-refractivity contribution is 0.312. The van der Waals surface area contributed by atoms with E-state index in [1.807, 2.05) is 18.5 Å². The Bertz CT molecular complexity index is 1620. The van der Waals surface area contributed by atoms with Crippen molar-refractivity contribution < 1.29 is 0 Å². The van der Waals surface area contributed by atoms with Gasteiger partial charge in [0.1, 0.15) is 5.39 Å². The summed E-state index contributed by atoms with van der Waals surface area (Å²) in [6.45, 7) is 10.2. The number of nitrogens with zero attached hydrogens (tertiary/aromatic N) is 7. The summed E-state index contributed by atoms with van der Waals surface area (Å²) in [4.78, 5) is 39.9. The number of fused-ring (bicyclic) bond motifs is 1. The molecule has 0 bridgehead atoms. The molecule has 0 spiro atoms. The van der Waals surface area contributed by atoms with E-state index >= 15 is 0 Å². The van der Waals surface area contributed by atoms with Crippen LogP contribution < -0.4 is 21.3 Å². The molecule has 1 saturated carbocycles. The molecule has 38 heavy (non-hydrogen) atoms. The predicted octanol–water partition coefficient (Wildman–Crippen LogP) is 3.46. The Kier molecular flexibility index (Phi) is 6.06. The fourth-order valence-electron chi connectivity index (χ4n) is 5.24. The average Bonchev–Trinajstić information content (AvgIpc) is 3.69. The lowest BCUT2D eigenvalue weighted by Gasteiger charge is -2.35. The second-order valence-electron chi connectivity index (χ2n) is 10.8. The highest BCUT2D eigenvalue weighted by Crippen LogP contribution is 2.35. The molecule has 2 fully saturated rings. The maximum Gasteiger partial charge on any atom is 0.278 e. The lowest BCUT2D eigenvalue weighted by atomic mass is 10.1. The highest BCUT2D eigenvalue weighted by Gasteiger charge is 2.31. The van der Waals surface area contributed by atoms with Gasteiger partial charge in [-0.05, 0) is 70.5 Å². The molecule has 1 N–H and O–H groups in total. The van der Waals surface area contributed by atoms with Crippen LogP contribution in [0.3, 0.4) is 0 Å². The van der Waals surface area contributed by atoms with Gasteiger partial charge in [0.2, 0.25) is 5.95 Å². The van der Waals surface area contributed by atoms with E-state index in [9.17, 15) is 9.59 Å². The Morgan fingerprint density at radius 3 is 2.47 bits per heavy atom. The number of pyridine rings is 1. The fourth-order valence-corrected chi connectivity index (χ4v) is 5.24. The van der Waals surface area contributed by atoms with E-state index in [1.165, 1.54) is 11.3 Å². The lowest BCUT2D eigenvalue weighted by Crippen LogP contribution is -2.44. The molecule has 0 amide bonds. The molecule has 0 unspecified atom stereocenters. The molecule has 3 aromatic heterocycles. The molecule has 2 aliphatic rings. The average molecular weight is 515 g/mol. The van der Waals surface area contributed by atoms with Gasteiger partial charge in [0.05, 0.1) is 11.7 Å². The van der Waals surface area contributed by atoms with Gasteiger partial charge in [-0.3, -0.25) is 9.59 Å². The summed E-state index contributed by atoms with van der Waals surface area (Å²) in [5.74, 6) is 0.420. The van der Waals surface area contributed by atoms with E-state index in [4.69, 9.17) is 4.98 Å². The van der Waals surface area contributed by atoms with Crippen molar-refractivity contribution in [1.29, 1.82) is 0 Å². The minimum Gasteiger partial charge on any atom is -0.369 e. The van der Waals surface area contributed by atoms with Gasteiger partial charge in [0, 0.05) is 62.1 Å². The van der Waals surface area contributed by atoms with Crippen LogP contribution in [0.15, 0.2) is 52.3 Å². The van der Waals surface area contributed by atoms with E-state index in [1.54, 1.807) is 33.8 Å². The SMILES string of the molecule is Cc1cc(Nc2ncc3c(=O)n(C4CC4)n(-c4ccc(=O)n(C(C)C)c4)c3n2)ccc1N1CCN(C)CC1. The molecule has 0 atom stereocenters. The Labute approximate surface area is 221 Å². The molecule has 4 heterocycles. The summed E-state index contributed by atoms with van der Waals surface area (Å²) in [6.07, 6.45) is 5.29. The summed E-state index contributed by atoms with van der Waals surface area (Å²) < 4.78 is 5.29. The first kappa shape index (κ1) is 24.4. The number of rotatable bonds is 6. The summed E-state index contributed by atoms with van der Waals surface area (Å²) >= 11 is 0. The quantitative estimate of drug-likeness (QED) is 0.421. The zero-order valence-corrected chi connectivity index (χ0v) is 22.4. The van der Waals surface area contributed by atoms with Crippen molar-refractivity contribution in [3.05, 3.63) is 69.0 Å². The van der Waals surface area contributed by atoms with Crippen LogP contribution in [0.4, 0.5) is 17.3 Å². The molecular formula is C28H34N8O2. The molecule has 198 valence electrons. The van der Waals surface area contributed by atoms with Crippen molar-refractivity contribution in [2.45, 2.75) is 45.7 Å². The summed E-state index contributed by atoms with van der Waals surface area (Å²) in [6, 6.07) is 9.74. The molecule has 1 aliphatic carbocycles. The van der Waals surface area contributed by atoms with E-state index < -0.39 is 0 Å². The number of nitrogens with one attached hydrogen (secondary N) is 1. The van der Waals surface area contributed by atoms with E-state index in [-0.39, 0.29) is 23.2 Å². The number of likely N-dealkylation sites (N-methyl/N-ethyl adjacent to an activating group) is 1. The number of aryl methyl sites for hydroxylation is 1. The van der Waals surface area contributed by atoms with Gasteiger partial charge in [-0.15, -0.1) is 0 Å². The van der Waals surface area contributed by atoms with Crippen molar-refractivity contribution in [2.24, 2.45) is 0 Å². The predicted molar refractivity (Wildman–Crippen MR) is 150 cm³/mol. The fraction of sp³-hybridized carbons (Fsp3) is 0.429. The smallest absolute Gasteiger partial charge is 0.278 e. The Morgan fingerprint density at radius 1 is 1.03 bits per heavy atom. The maximum absolute atomic E-state index is 13.4. The number of hydrogen-bond acceptors (Lipinski definition) is 7. The van der Waals surface area contributed by atoms with Gasteiger partial charge in [-0.2, -0.15) is 4.98 Å². The zero-order valence-electron chi connectivity index (χ0n) is 22.4. The van der Waals surface area contributed by atoms with Gasteiger partial charge in [-0.1, -0.05) is 0 Å². The zero-order chi connectivity index (χ0) is 26.6. The van der Waals surface area contributed by atoms with Gasteiger partial charge in [0.15, 0.2) is 5.65 Å². The first-order valence-corrected chi connectivity index (χ1v) is 13.3. The molecule has 4 aromatic rings. The van der Waals surface area contributed by atoms with Crippen molar-refractivity contribution >= 4 is 28.4 Å². The van der Waals surface area contributed by atoms with Crippen LogP contribution in [-0.2, 0) is 0 Å². The molecule has 10 nitrogen and oxygen atoms in total. The molecule has 0 radical (unpaired) electrons. The van der Waals surface area contributed by atoms with Crippen molar-refractivity contribution in [3.63, 3.8) is 0 Å². The summed E-state index contributed by atoms with van der Waals surface area (Å²) in [5, 5.41) is 3.80. The topological polar surface area (TPSA) is 93.2 Å².